The molecule has 0 spiro atoms. The molecule has 0 radical (unpaired) electrons. The monoisotopic (exact) mass is 320 g/mol. The minimum Gasteiger partial charge on any atom is -0.403 e. The lowest BCUT2D eigenvalue weighted by Gasteiger charge is -2.37. The van der Waals surface area contributed by atoms with Crippen LogP contribution in [0.25, 0.3) is 0 Å². The Balaban J connectivity index is 2.22. The van der Waals surface area contributed by atoms with Gasteiger partial charge in [0.15, 0.2) is 0 Å². The molecule has 23 heavy (non-hydrogen) atoms. The van der Waals surface area contributed by atoms with Crippen molar-refractivity contribution < 1.29 is 9.31 Å². The van der Waals surface area contributed by atoms with Gasteiger partial charge in [-0.25, -0.2) is 0 Å². The number of aryl methyl sites for hydroxylation is 1. The molecule has 0 amide bonds. The zero-order valence-corrected chi connectivity index (χ0v) is 16.1. The molecule has 2 rings (SSSR count). The van der Waals surface area contributed by atoms with Gasteiger partial charge in [0.1, 0.15) is 0 Å². The smallest absolute Gasteiger partial charge is 0.403 e. The van der Waals surface area contributed by atoms with E-state index in [1.54, 1.807) is 0 Å². The molecule has 0 saturated carbocycles. The second-order valence-corrected chi connectivity index (χ2v) is 8.61. The fourth-order valence-electron chi connectivity index (χ4n) is 3.56. The normalized spacial score (nSPS) is 26.7. The summed E-state index contributed by atoms with van der Waals surface area (Å²) in [6, 6.07) is 0. The summed E-state index contributed by atoms with van der Waals surface area (Å²) in [6.45, 7) is 15.5. The Kier molecular flexibility index (Phi) is 5.03. The average Bonchev–Trinajstić information content (AvgIpc) is 2.91. The van der Waals surface area contributed by atoms with Crippen LogP contribution in [0.2, 0.25) is 5.31 Å². The van der Waals surface area contributed by atoms with Crippen molar-refractivity contribution in [1.29, 1.82) is 0 Å². The van der Waals surface area contributed by atoms with Crippen LogP contribution in [0.1, 0.15) is 66.9 Å². The van der Waals surface area contributed by atoms with Gasteiger partial charge in [0.25, 0.3) is 0 Å². The summed E-state index contributed by atoms with van der Waals surface area (Å²) in [5, 5.41) is 4.23. The third-order valence-electron chi connectivity index (χ3n) is 5.58. The van der Waals surface area contributed by atoms with Crippen LogP contribution in [-0.2, 0) is 22.8 Å². The summed E-state index contributed by atoms with van der Waals surface area (Å²) in [5.41, 5.74) is 0.698. The molecule has 1 saturated heterocycles. The number of hydrogen-bond donors (Lipinski definition) is 0. The number of aromatic nitrogens is 2. The van der Waals surface area contributed by atoms with Crippen LogP contribution >= 0.6 is 0 Å². The maximum absolute atomic E-state index is 6.56. The molecule has 1 aromatic rings. The molecule has 2 unspecified atom stereocenters. The molecule has 1 aromatic heterocycles. The van der Waals surface area contributed by atoms with E-state index in [9.17, 15) is 0 Å². The largest absolute Gasteiger partial charge is 0.464 e. The molecular weight excluding hydrogens is 287 g/mol. The predicted molar refractivity (Wildman–Crippen MR) is 95.4 cm³/mol. The zero-order chi connectivity index (χ0) is 17.5. The molecule has 1 aliphatic heterocycles. The van der Waals surface area contributed by atoms with Crippen LogP contribution in [0.5, 0.6) is 0 Å². The van der Waals surface area contributed by atoms with Gasteiger partial charge < -0.3 is 9.31 Å². The first-order chi connectivity index (χ1) is 10.5. The Morgan fingerprint density at radius 1 is 1.30 bits per heavy atom. The SMILES string of the molecule is CCC(C)(Cc1cnn(C)c1)B1OC(C)(C)C(C)(CC(C)C)O1. The van der Waals surface area contributed by atoms with Gasteiger partial charge in [0.05, 0.1) is 17.4 Å². The molecule has 5 heteroatoms. The lowest BCUT2D eigenvalue weighted by molar-refractivity contribution is -0.0239. The molecule has 0 N–H and O–H groups in total. The summed E-state index contributed by atoms with van der Waals surface area (Å²) in [7, 11) is 1.77. The van der Waals surface area contributed by atoms with Crippen molar-refractivity contribution in [2.75, 3.05) is 0 Å². The maximum atomic E-state index is 6.56. The van der Waals surface area contributed by atoms with Gasteiger partial charge in [0.2, 0.25) is 0 Å². The Bertz CT molecular complexity index is 543. The molecule has 2 atom stereocenters. The van der Waals surface area contributed by atoms with E-state index < -0.39 is 0 Å². The zero-order valence-electron chi connectivity index (χ0n) is 16.1. The highest BCUT2D eigenvalue weighted by Crippen LogP contribution is 2.50. The second kappa shape index (κ2) is 6.25. The molecule has 1 fully saturated rings. The number of hydrogen-bond acceptors (Lipinski definition) is 3. The van der Waals surface area contributed by atoms with Crippen molar-refractivity contribution in [2.45, 2.75) is 84.2 Å². The summed E-state index contributed by atoms with van der Waals surface area (Å²) in [6.07, 6.45) is 6.95. The van der Waals surface area contributed by atoms with Crippen LogP contribution in [0.4, 0.5) is 0 Å². The summed E-state index contributed by atoms with van der Waals surface area (Å²) >= 11 is 0. The van der Waals surface area contributed by atoms with Crippen LogP contribution in [-0.4, -0.2) is 28.1 Å². The molecule has 0 aromatic carbocycles. The topological polar surface area (TPSA) is 36.3 Å². The highest BCUT2D eigenvalue weighted by Gasteiger charge is 2.59. The van der Waals surface area contributed by atoms with Gasteiger partial charge in [-0.3, -0.25) is 4.68 Å². The summed E-state index contributed by atoms with van der Waals surface area (Å²) in [5.74, 6) is 0.577. The van der Waals surface area contributed by atoms with Crippen molar-refractivity contribution in [3.8, 4) is 0 Å². The quantitative estimate of drug-likeness (QED) is 0.735. The molecule has 2 heterocycles. The average molecular weight is 320 g/mol. The third-order valence-corrected chi connectivity index (χ3v) is 5.58. The Labute approximate surface area is 142 Å². The Hall–Kier alpha value is -0.805. The van der Waals surface area contributed by atoms with E-state index in [1.165, 1.54) is 5.56 Å². The third kappa shape index (κ3) is 3.66. The fraction of sp³-hybridized carbons (Fsp3) is 0.833. The van der Waals surface area contributed by atoms with E-state index >= 15 is 0 Å². The second-order valence-electron chi connectivity index (χ2n) is 8.61. The van der Waals surface area contributed by atoms with Gasteiger partial charge in [0, 0.05) is 18.6 Å². The van der Waals surface area contributed by atoms with E-state index in [1.807, 2.05) is 17.9 Å². The van der Waals surface area contributed by atoms with E-state index in [-0.39, 0.29) is 23.6 Å². The van der Waals surface area contributed by atoms with Gasteiger partial charge in [-0.05, 0) is 45.1 Å². The van der Waals surface area contributed by atoms with Gasteiger partial charge >= 0.3 is 7.12 Å². The van der Waals surface area contributed by atoms with Gasteiger partial charge in [-0.2, -0.15) is 5.10 Å². The van der Waals surface area contributed by atoms with E-state index in [0.717, 1.165) is 19.3 Å². The van der Waals surface area contributed by atoms with Crippen LogP contribution < -0.4 is 0 Å². The Morgan fingerprint density at radius 3 is 2.43 bits per heavy atom. The predicted octanol–water partition coefficient (Wildman–Crippen LogP) is 4.25. The minimum absolute atomic E-state index is 0.0605. The molecular formula is C18H33BN2O2. The van der Waals surface area contributed by atoms with Gasteiger partial charge in [-0.1, -0.05) is 34.1 Å². The van der Waals surface area contributed by atoms with Crippen molar-refractivity contribution in [2.24, 2.45) is 13.0 Å². The van der Waals surface area contributed by atoms with Crippen molar-refractivity contribution in [3.63, 3.8) is 0 Å². The standard InChI is InChI=1S/C18H33BN2O2/c1-9-17(6,11-15-12-20-21(8)13-15)19-22-16(4,5)18(7,23-19)10-14(2)3/h12-14H,9-11H2,1-8H3. The van der Waals surface area contributed by atoms with Gasteiger partial charge in [-0.15, -0.1) is 0 Å². The number of nitrogens with zero attached hydrogens (tertiary/aromatic N) is 2. The van der Waals surface area contributed by atoms with Crippen LogP contribution in [0.3, 0.4) is 0 Å². The molecule has 0 aliphatic carbocycles. The first-order valence-corrected chi connectivity index (χ1v) is 8.84. The molecule has 130 valence electrons. The Morgan fingerprint density at radius 2 is 1.96 bits per heavy atom. The highest BCUT2D eigenvalue weighted by atomic mass is 16.7. The van der Waals surface area contributed by atoms with Crippen LogP contribution in [0.15, 0.2) is 12.4 Å². The number of rotatable bonds is 6. The maximum Gasteiger partial charge on any atom is 0.464 e. The van der Waals surface area contributed by atoms with Crippen molar-refractivity contribution >= 4 is 7.12 Å². The first kappa shape index (κ1) is 18.5. The lowest BCUT2D eigenvalue weighted by Crippen LogP contribution is -2.45. The first-order valence-electron chi connectivity index (χ1n) is 8.84. The van der Waals surface area contributed by atoms with E-state index in [2.05, 4.69) is 59.8 Å². The van der Waals surface area contributed by atoms with E-state index in [0.29, 0.717) is 5.92 Å². The van der Waals surface area contributed by atoms with Crippen LogP contribution in [0, 0.1) is 5.92 Å². The van der Waals surface area contributed by atoms with E-state index in [4.69, 9.17) is 9.31 Å². The molecule has 0 bridgehead atoms. The summed E-state index contributed by atoms with van der Waals surface area (Å²) < 4.78 is 14.9. The van der Waals surface area contributed by atoms with Crippen molar-refractivity contribution in [1.82, 2.24) is 9.78 Å². The fourth-order valence-corrected chi connectivity index (χ4v) is 3.56. The molecule has 4 nitrogen and oxygen atoms in total. The lowest BCUT2D eigenvalue weighted by atomic mass is 9.54. The molecule has 1 aliphatic rings. The summed E-state index contributed by atoms with van der Waals surface area (Å²) in [4.78, 5) is 0. The minimum atomic E-state index is -0.284. The highest BCUT2D eigenvalue weighted by molar-refractivity contribution is 6.49. The van der Waals surface area contributed by atoms with Crippen molar-refractivity contribution in [3.05, 3.63) is 18.0 Å².